The fourth-order valence-electron chi connectivity index (χ4n) is 2.17. The van der Waals surface area contributed by atoms with Gasteiger partial charge >= 0.3 is 0 Å². The molecule has 2 fully saturated rings. The highest BCUT2D eigenvalue weighted by Gasteiger charge is 2.31. The number of hydrogen-bond donors (Lipinski definition) is 2. The Morgan fingerprint density at radius 3 is 2.50 bits per heavy atom. The van der Waals surface area contributed by atoms with Gasteiger partial charge in [0.1, 0.15) is 6.04 Å². The second kappa shape index (κ2) is 5.27. The fourth-order valence-corrected chi connectivity index (χ4v) is 2.17. The molecule has 0 aliphatic carbocycles. The molecule has 2 saturated heterocycles. The summed E-state index contributed by atoms with van der Waals surface area (Å²) in [5.41, 5.74) is 0. The molecule has 1 unspecified atom stereocenters. The monoisotopic (exact) mass is 226 g/mol. The molecule has 0 aromatic carbocycles. The van der Waals surface area contributed by atoms with Crippen molar-refractivity contribution < 1.29 is 9.59 Å². The van der Waals surface area contributed by atoms with Gasteiger partial charge in [0, 0.05) is 45.8 Å². The van der Waals surface area contributed by atoms with Crippen LogP contribution in [0.4, 0.5) is 0 Å². The van der Waals surface area contributed by atoms with Crippen molar-refractivity contribution in [2.24, 2.45) is 0 Å². The van der Waals surface area contributed by atoms with Crippen LogP contribution in [0.3, 0.4) is 0 Å². The third-order valence-electron chi connectivity index (χ3n) is 3.13. The van der Waals surface area contributed by atoms with E-state index in [1.165, 1.54) is 0 Å². The molecular weight excluding hydrogens is 208 g/mol. The van der Waals surface area contributed by atoms with Crippen LogP contribution in [0.5, 0.6) is 0 Å². The molecule has 1 atom stereocenters. The first-order valence-corrected chi connectivity index (χ1v) is 5.74. The van der Waals surface area contributed by atoms with Crippen LogP contribution in [0.2, 0.25) is 0 Å². The minimum absolute atomic E-state index is 0.0702. The molecule has 0 aromatic rings. The van der Waals surface area contributed by atoms with Crippen LogP contribution < -0.4 is 10.6 Å². The highest BCUT2D eigenvalue weighted by Crippen LogP contribution is 2.06. The molecule has 0 bridgehead atoms. The van der Waals surface area contributed by atoms with Crippen molar-refractivity contribution in [3.63, 3.8) is 0 Å². The molecule has 0 saturated carbocycles. The average molecular weight is 226 g/mol. The van der Waals surface area contributed by atoms with E-state index in [1.807, 2.05) is 4.90 Å². The van der Waals surface area contributed by atoms with Gasteiger partial charge in [-0.2, -0.15) is 0 Å². The van der Waals surface area contributed by atoms with E-state index in [1.54, 1.807) is 4.90 Å². The molecular formula is C10H18N4O2. The first-order chi connectivity index (χ1) is 7.83. The highest BCUT2D eigenvalue weighted by atomic mass is 16.2. The average Bonchev–Trinajstić information content (AvgIpc) is 2.39. The topological polar surface area (TPSA) is 64.7 Å². The van der Waals surface area contributed by atoms with E-state index < -0.39 is 0 Å². The minimum Gasteiger partial charge on any atom is -0.338 e. The van der Waals surface area contributed by atoms with Gasteiger partial charge in [0.2, 0.25) is 12.3 Å². The van der Waals surface area contributed by atoms with Crippen LogP contribution in [0.25, 0.3) is 0 Å². The van der Waals surface area contributed by atoms with Gasteiger partial charge in [-0.15, -0.1) is 0 Å². The number of carbonyl (C=O) groups excluding carboxylic acids is 2. The summed E-state index contributed by atoms with van der Waals surface area (Å²) in [5.74, 6) is 0.0702. The van der Waals surface area contributed by atoms with E-state index in [-0.39, 0.29) is 11.9 Å². The Hall–Kier alpha value is -1.14. The smallest absolute Gasteiger partial charge is 0.246 e. The third-order valence-corrected chi connectivity index (χ3v) is 3.13. The van der Waals surface area contributed by atoms with E-state index in [9.17, 15) is 9.59 Å². The number of hydrogen-bond acceptors (Lipinski definition) is 4. The van der Waals surface area contributed by atoms with Gasteiger partial charge < -0.3 is 20.4 Å². The Morgan fingerprint density at radius 2 is 1.81 bits per heavy atom. The molecule has 0 aromatic heterocycles. The predicted molar refractivity (Wildman–Crippen MR) is 58.9 cm³/mol. The SMILES string of the molecule is O=CN1CCNCC1C(=O)N1CCNCC1. The fraction of sp³-hybridized carbons (Fsp3) is 0.800. The highest BCUT2D eigenvalue weighted by molar-refractivity contribution is 5.84. The standard InChI is InChI=1S/C10H18N4O2/c15-8-14-6-3-12-7-9(14)10(16)13-4-1-11-2-5-13/h8-9,11-12H,1-7H2. The molecule has 6 nitrogen and oxygen atoms in total. The lowest BCUT2D eigenvalue weighted by Gasteiger charge is -2.37. The summed E-state index contributed by atoms with van der Waals surface area (Å²) in [5, 5.41) is 6.36. The van der Waals surface area contributed by atoms with Crippen molar-refractivity contribution in [1.29, 1.82) is 0 Å². The van der Waals surface area contributed by atoms with Crippen molar-refractivity contribution in [2.45, 2.75) is 6.04 Å². The van der Waals surface area contributed by atoms with Crippen LogP contribution in [0.15, 0.2) is 0 Å². The van der Waals surface area contributed by atoms with E-state index in [2.05, 4.69) is 10.6 Å². The van der Waals surface area contributed by atoms with Crippen LogP contribution in [-0.4, -0.2) is 74.0 Å². The summed E-state index contributed by atoms with van der Waals surface area (Å²) in [6, 6.07) is -0.315. The Bertz CT molecular complexity index is 266. The number of nitrogens with one attached hydrogen (secondary N) is 2. The molecule has 16 heavy (non-hydrogen) atoms. The lowest BCUT2D eigenvalue weighted by Crippen LogP contribution is -2.60. The molecule has 2 heterocycles. The summed E-state index contributed by atoms with van der Waals surface area (Å²) in [6.45, 7) is 5.11. The zero-order valence-electron chi connectivity index (χ0n) is 9.32. The molecule has 2 amide bonds. The van der Waals surface area contributed by atoms with Gasteiger partial charge in [-0.05, 0) is 0 Å². The van der Waals surface area contributed by atoms with Crippen molar-refractivity contribution >= 4 is 12.3 Å². The quantitative estimate of drug-likeness (QED) is 0.527. The Morgan fingerprint density at radius 1 is 1.12 bits per heavy atom. The minimum atomic E-state index is -0.315. The van der Waals surface area contributed by atoms with E-state index in [0.717, 1.165) is 39.1 Å². The van der Waals surface area contributed by atoms with Gasteiger partial charge in [0.25, 0.3) is 0 Å². The van der Waals surface area contributed by atoms with Crippen molar-refractivity contribution in [1.82, 2.24) is 20.4 Å². The maximum Gasteiger partial charge on any atom is 0.246 e. The normalized spacial score (nSPS) is 26.6. The van der Waals surface area contributed by atoms with Crippen molar-refractivity contribution in [3.05, 3.63) is 0 Å². The molecule has 0 spiro atoms. The van der Waals surface area contributed by atoms with Crippen LogP contribution >= 0.6 is 0 Å². The van der Waals surface area contributed by atoms with Crippen LogP contribution in [0.1, 0.15) is 0 Å². The van der Waals surface area contributed by atoms with E-state index in [0.29, 0.717) is 13.1 Å². The zero-order chi connectivity index (χ0) is 11.4. The summed E-state index contributed by atoms with van der Waals surface area (Å²) in [7, 11) is 0. The van der Waals surface area contributed by atoms with Gasteiger partial charge in [0.15, 0.2) is 0 Å². The van der Waals surface area contributed by atoms with Crippen molar-refractivity contribution in [3.8, 4) is 0 Å². The molecule has 6 heteroatoms. The molecule has 2 aliphatic rings. The maximum absolute atomic E-state index is 12.2. The lowest BCUT2D eigenvalue weighted by atomic mass is 10.1. The number of rotatable bonds is 2. The first-order valence-electron chi connectivity index (χ1n) is 5.74. The third kappa shape index (κ3) is 2.33. The van der Waals surface area contributed by atoms with Crippen LogP contribution in [-0.2, 0) is 9.59 Å². The van der Waals surface area contributed by atoms with E-state index >= 15 is 0 Å². The maximum atomic E-state index is 12.2. The first kappa shape index (κ1) is 11.3. The summed E-state index contributed by atoms with van der Waals surface area (Å²) < 4.78 is 0. The van der Waals surface area contributed by atoms with Gasteiger partial charge in [0.05, 0.1) is 0 Å². The molecule has 2 rings (SSSR count). The summed E-state index contributed by atoms with van der Waals surface area (Å²) >= 11 is 0. The van der Waals surface area contributed by atoms with Crippen LogP contribution in [0, 0.1) is 0 Å². The molecule has 2 N–H and O–H groups in total. The Labute approximate surface area is 95.0 Å². The Kier molecular flexibility index (Phi) is 3.74. The number of amides is 2. The van der Waals surface area contributed by atoms with E-state index in [4.69, 9.17) is 0 Å². The van der Waals surface area contributed by atoms with Crippen molar-refractivity contribution in [2.75, 3.05) is 45.8 Å². The second-order valence-electron chi connectivity index (χ2n) is 4.14. The largest absolute Gasteiger partial charge is 0.338 e. The van der Waals surface area contributed by atoms with Gasteiger partial charge in [-0.1, -0.05) is 0 Å². The van der Waals surface area contributed by atoms with Gasteiger partial charge in [-0.25, -0.2) is 0 Å². The Balaban J connectivity index is 1.97. The summed E-state index contributed by atoms with van der Waals surface area (Å²) in [6.07, 6.45) is 0.783. The summed E-state index contributed by atoms with van der Waals surface area (Å²) in [4.78, 5) is 26.5. The molecule has 2 aliphatic heterocycles. The lowest BCUT2D eigenvalue weighted by molar-refractivity contribution is -0.142. The number of piperazine rings is 2. The van der Waals surface area contributed by atoms with Gasteiger partial charge in [-0.3, -0.25) is 9.59 Å². The number of nitrogens with zero attached hydrogens (tertiary/aromatic N) is 2. The molecule has 0 radical (unpaired) electrons. The predicted octanol–water partition coefficient (Wildman–Crippen LogP) is -2.15. The molecule has 90 valence electrons. The number of carbonyl (C=O) groups is 2. The second-order valence-corrected chi connectivity index (χ2v) is 4.14. The zero-order valence-corrected chi connectivity index (χ0v) is 9.32.